The summed E-state index contributed by atoms with van der Waals surface area (Å²) in [5.41, 5.74) is 8.59. The highest BCUT2D eigenvalue weighted by Crippen LogP contribution is 1.96. The fraction of sp³-hybridized carbons (Fsp3) is 0. The molecule has 0 amide bonds. The molecule has 2 heterocycles. The average molecular weight is 254 g/mol. The molecule has 0 aromatic carbocycles. The third kappa shape index (κ3) is 4.22. The molecule has 0 unspecified atom stereocenters. The van der Waals surface area contributed by atoms with Gasteiger partial charge in [0.1, 0.15) is 5.82 Å². The van der Waals surface area contributed by atoms with Crippen molar-refractivity contribution < 1.29 is 5.11 Å². The molecule has 0 atom stereocenters. The summed E-state index contributed by atoms with van der Waals surface area (Å²) in [4.78, 5) is 40.7. The molecule has 0 spiro atoms. The van der Waals surface area contributed by atoms with Crippen LogP contribution < -0.4 is 28.3 Å². The van der Waals surface area contributed by atoms with E-state index in [0.717, 1.165) is 12.1 Å². The van der Waals surface area contributed by atoms with Crippen LogP contribution in [0.15, 0.2) is 26.5 Å². The van der Waals surface area contributed by atoms with Gasteiger partial charge in [0.25, 0.3) is 11.1 Å². The number of aromatic nitrogens is 4. The number of H-pyrrole nitrogens is 3. The van der Waals surface area contributed by atoms with E-state index in [1.54, 1.807) is 0 Å². The van der Waals surface area contributed by atoms with Crippen LogP contribution >= 0.6 is 0 Å². The number of nitrogens with zero attached hydrogens (tertiary/aromatic N) is 1. The topological polar surface area (TPSA) is 184 Å². The lowest BCUT2D eigenvalue weighted by Crippen LogP contribution is -2.22. The summed E-state index contributed by atoms with van der Waals surface area (Å²) in [5.74, 6) is -0.375. The predicted molar refractivity (Wildman–Crippen MR) is 63.0 cm³/mol. The van der Waals surface area contributed by atoms with Crippen LogP contribution in [-0.4, -0.2) is 25.0 Å². The molecule has 0 saturated carbocycles. The molecule has 10 nitrogen and oxygen atoms in total. The zero-order valence-corrected chi connectivity index (χ0v) is 8.93. The van der Waals surface area contributed by atoms with Crippen molar-refractivity contribution in [1.82, 2.24) is 19.9 Å². The molecule has 8 N–H and O–H groups in total. The van der Waals surface area contributed by atoms with E-state index in [1.165, 1.54) is 0 Å². The molecule has 2 aromatic heterocycles. The zero-order valence-electron chi connectivity index (χ0n) is 8.93. The van der Waals surface area contributed by atoms with E-state index in [-0.39, 0.29) is 17.6 Å². The summed E-state index contributed by atoms with van der Waals surface area (Å²) < 4.78 is 0. The van der Waals surface area contributed by atoms with E-state index in [2.05, 4.69) is 15.0 Å². The number of aromatic hydroxyl groups is 1. The molecule has 2 rings (SSSR count). The van der Waals surface area contributed by atoms with Gasteiger partial charge in [-0.05, 0) is 0 Å². The minimum absolute atomic E-state index is 0.0729. The second-order valence-electron chi connectivity index (χ2n) is 3.03. The normalized spacial score (nSPS) is 9.33. The Morgan fingerprint density at radius 2 is 1.61 bits per heavy atom. The van der Waals surface area contributed by atoms with Crippen molar-refractivity contribution in [1.29, 1.82) is 0 Å². The van der Waals surface area contributed by atoms with Gasteiger partial charge in [-0.25, -0.2) is 4.79 Å². The van der Waals surface area contributed by atoms with Crippen LogP contribution in [0.1, 0.15) is 0 Å². The molecule has 0 aliphatic heterocycles. The van der Waals surface area contributed by atoms with Gasteiger partial charge in [-0.15, -0.1) is 0 Å². The zero-order chi connectivity index (χ0) is 13.7. The van der Waals surface area contributed by atoms with Gasteiger partial charge in [-0.3, -0.25) is 24.5 Å². The second kappa shape index (κ2) is 5.34. The molecule has 10 heteroatoms. The van der Waals surface area contributed by atoms with Crippen molar-refractivity contribution in [2.75, 3.05) is 11.5 Å². The van der Waals surface area contributed by atoms with Crippen molar-refractivity contribution >= 4 is 11.8 Å². The standard InChI is InChI=1S/2C4H5N3O2/c5-4-6-2(8)1-3(9)7-4;5-2-1-3(8)7-4(9)6-2/h2*1H,(H4,5,6,7,8,9). The Hall–Kier alpha value is -3.04. The Bertz CT molecular complexity index is 648. The van der Waals surface area contributed by atoms with Gasteiger partial charge in [-0.2, -0.15) is 4.98 Å². The van der Waals surface area contributed by atoms with E-state index in [0.29, 0.717) is 0 Å². The number of aromatic amines is 3. The van der Waals surface area contributed by atoms with Gasteiger partial charge >= 0.3 is 5.69 Å². The average Bonchev–Trinajstić information content (AvgIpc) is 2.12. The highest BCUT2D eigenvalue weighted by atomic mass is 16.3. The lowest BCUT2D eigenvalue weighted by atomic mass is 10.6. The molecular formula is C8H10N6O4. The lowest BCUT2D eigenvalue weighted by Gasteiger charge is -1.89. The number of nitrogen functional groups attached to an aromatic ring is 2. The van der Waals surface area contributed by atoms with Crippen LogP contribution in [0.25, 0.3) is 0 Å². The number of nitrogens with one attached hydrogen (secondary N) is 3. The maximum absolute atomic E-state index is 10.4. The largest absolute Gasteiger partial charge is 0.493 e. The van der Waals surface area contributed by atoms with Crippen LogP contribution in [0.2, 0.25) is 0 Å². The van der Waals surface area contributed by atoms with E-state index < -0.39 is 16.8 Å². The van der Waals surface area contributed by atoms with E-state index in [9.17, 15) is 14.4 Å². The summed E-state index contributed by atoms with van der Waals surface area (Å²) in [6.07, 6.45) is 0. The first kappa shape index (κ1) is 13.0. The number of anilines is 2. The Morgan fingerprint density at radius 1 is 1.00 bits per heavy atom. The molecular weight excluding hydrogens is 244 g/mol. The van der Waals surface area contributed by atoms with Crippen LogP contribution in [0, 0.1) is 0 Å². The maximum Gasteiger partial charge on any atom is 0.327 e. The Labute approximate surface area is 98.3 Å². The Kier molecular flexibility index (Phi) is 3.86. The number of rotatable bonds is 0. The highest BCUT2D eigenvalue weighted by Gasteiger charge is 1.91. The van der Waals surface area contributed by atoms with Gasteiger partial charge in [0, 0.05) is 6.07 Å². The van der Waals surface area contributed by atoms with Gasteiger partial charge in [0.05, 0.1) is 6.07 Å². The molecule has 0 aliphatic rings. The fourth-order valence-corrected chi connectivity index (χ4v) is 0.951. The van der Waals surface area contributed by atoms with E-state index >= 15 is 0 Å². The number of nitrogens with two attached hydrogens (primary N) is 2. The maximum atomic E-state index is 10.4. The van der Waals surface area contributed by atoms with Crippen molar-refractivity contribution in [2.45, 2.75) is 0 Å². The summed E-state index contributed by atoms with van der Waals surface area (Å²) in [6.45, 7) is 0. The van der Waals surface area contributed by atoms with E-state index in [4.69, 9.17) is 16.6 Å². The number of hydrogen-bond acceptors (Lipinski definition) is 7. The Balaban J connectivity index is 0.000000180. The summed E-state index contributed by atoms with van der Waals surface area (Å²) in [6, 6.07) is 2.04. The molecule has 0 bridgehead atoms. The van der Waals surface area contributed by atoms with Gasteiger partial charge in [-0.1, -0.05) is 0 Å². The minimum atomic E-state index is -0.583. The van der Waals surface area contributed by atoms with Crippen LogP contribution in [-0.2, 0) is 0 Å². The van der Waals surface area contributed by atoms with Gasteiger partial charge < -0.3 is 16.6 Å². The summed E-state index contributed by atoms with van der Waals surface area (Å²) in [7, 11) is 0. The molecule has 0 saturated heterocycles. The first-order chi connectivity index (χ1) is 8.36. The third-order valence-corrected chi connectivity index (χ3v) is 1.53. The van der Waals surface area contributed by atoms with Crippen LogP contribution in [0.5, 0.6) is 5.88 Å². The third-order valence-electron chi connectivity index (χ3n) is 1.53. The van der Waals surface area contributed by atoms with Crippen LogP contribution in [0.3, 0.4) is 0 Å². The molecule has 0 radical (unpaired) electrons. The Morgan fingerprint density at radius 3 is 2.06 bits per heavy atom. The SMILES string of the molecule is Nc1cc(=O)[nH]c(=O)[nH]1.Nc1nc(O)cc(=O)[nH]1. The number of hydrogen-bond donors (Lipinski definition) is 6. The molecule has 18 heavy (non-hydrogen) atoms. The summed E-state index contributed by atoms with van der Waals surface area (Å²) >= 11 is 0. The fourth-order valence-electron chi connectivity index (χ4n) is 0.951. The van der Waals surface area contributed by atoms with Crippen molar-refractivity contribution in [3.8, 4) is 5.88 Å². The van der Waals surface area contributed by atoms with Crippen LogP contribution in [0.4, 0.5) is 11.8 Å². The monoisotopic (exact) mass is 254 g/mol. The van der Waals surface area contributed by atoms with Crippen molar-refractivity contribution in [3.05, 3.63) is 43.3 Å². The van der Waals surface area contributed by atoms with Gasteiger partial charge in [0.15, 0.2) is 0 Å². The molecule has 0 aliphatic carbocycles. The van der Waals surface area contributed by atoms with E-state index in [1.807, 2.05) is 4.98 Å². The quantitative estimate of drug-likeness (QED) is 0.305. The first-order valence-electron chi connectivity index (χ1n) is 4.52. The molecule has 96 valence electrons. The lowest BCUT2D eigenvalue weighted by molar-refractivity contribution is 0.452. The predicted octanol–water partition coefficient (Wildman–Crippen LogP) is -2.30. The summed E-state index contributed by atoms with van der Waals surface area (Å²) in [5, 5.41) is 8.58. The minimum Gasteiger partial charge on any atom is -0.493 e. The molecule has 2 aromatic rings. The molecule has 0 fully saturated rings. The van der Waals surface area contributed by atoms with Gasteiger partial charge in [0.2, 0.25) is 11.8 Å². The van der Waals surface area contributed by atoms with Crippen molar-refractivity contribution in [2.24, 2.45) is 0 Å². The van der Waals surface area contributed by atoms with Crippen molar-refractivity contribution in [3.63, 3.8) is 0 Å². The smallest absolute Gasteiger partial charge is 0.327 e. The second-order valence-corrected chi connectivity index (χ2v) is 3.03. The first-order valence-corrected chi connectivity index (χ1v) is 4.52. The highest BCUT2D eigenvalue weighted by molar-refractivity contribution is 5.22.